The normalized spacial score (nSPS) is 11.5. The Hall–Kier alpha value is -0.800. The molecule has 0 aromatic carbocycles. The number of ether oxygens (including phenoxy) is 1. The summed E-state index contributed by atoms with van der Waals surface area (Å²) in [5, 5.41) is 9.22. The van der Waals surface area contributed by atoms with Gasteiger partial charge in [-0.15, -0.1) is 13.2 Å². The molecule has 0 bridgehead atoms. The molecule has 1 rings (SSSR count). The van der Waals surface area contributed by atoms with E-state index in [1.165, 1.54) is 0 Å². The Bertz CT molecular complexity index is 369. The number of nitrogens with zero attached hydrogens (tertiary/aromatic N) is 1. The van der Waals surface area contributed by atoms with E-state index in [1.54, 1.807) is 22.6 Å². The van der Waals surface area contributed by atoms with Crippen LogP contribution in [0.15, 0.2) is 6.20 Å². The Kier molecular flexibility index (Phi) is 3.58. The lowest BCUT2D eigenvalue weighted by atomic mass is 10.2. The molecule has 3 nitrogen and oxygen atoms in total. The minimum absolute atomic E-state index is 0.00905. The molecule has 0 amide bonds. The second kappa shape index (κ2) is 4.37. The van der Waals surface area contributed by atoms with Gasteiger partial charge in [0, 0.05) is 0 Å². The van der Waals surface area contributed by atoms with E-state index in [0.29, 0.717) is 6.20 Å². The third-order valence-electron chi connectivity index (χ3n) is 1.43. The number of pyridine rings is 1. The molecule has 0 fully saturated rings. The molecule has 0 aliphatic rings. The molecular weight excluding hydrogens is 333 g/mol. The van der Waals surface area contributed by atoms with Crippen LogP contribution in [0.2, 0.25) is 0 Å². The van der Waals surface area contributed by atoms with Crippen molar-refractivity contribution in [2.24, 2.45) is 0 Å². The minimum atomic E-state index is -4.94. The van der Waals surface area contributed by atoms with Gasteiger partial charge < -0.3 is 9.84 Å². The highest BCUT2D eigenvalue weighted by molar-refractivity contribution is 14.1. The van der Waals surface area contributed by atoms with Gasteiger partial charge in [-0.1, -0.05) is 0 Å². The van der Waals surface area contributed by atoms with Crippen LogP contribution in [0.25, 0.3) is 0 Å². The van der Waals surface area contributed by atoms with Crippen LogP contribution in [0.3, 0.4) is 0 Å². The van der Waals surface area contributed by atoms with Crippen molar-refractivity contribution in [2.45, 2.75) is 13.0 Å². The maximum absolute atomic E-state index is 12.4. The summed E-state index contributed by atoms with van der Waals surface area (Å²) >= 11 is 1.56. The number of aromatic nitrogens is 1. The molecule has 0 radical (unpaired) electrons. The molecule has 84 valence electrons. The van der Waals surface area contributed by atoms with Crippen molar-refractivity contribution in [1.29, 1.82) is 0 Å². The third-order valence-corrected chi connectivity index (χ3v) is 2.22. The Morgan fingerprint density at radius 3 is 2.53 bits per heavy atom. The average Bonchev–Trinajstić information content (AvgIpc) is 2.10. The smallest absolute Gasteiger partial charge is 0.505 e. The lowest BCUT2D eigenvalue weighted by Gasteiger charge is -2.12. The summed E-state index contributed by atoms with van der Waals surface area (Å²) < 4.78 is 51.4. The van der Waals surface area contributed by atoms with E-state index >= 15 is 0 Å². The Morgan fingerprint density at radius 1 is 1.47 bits per heavy atom. The zero-order valence-corrected chi connectivity index (χ0v) is 9.13. The highest BCUT2D eigenvalue weighted by atomic mass is 127. The SMILES string of the molecule is Oc1c(I)ncc(OC(F)(F)F)c1CF. The van der Waals surface area contributed by atoms with Gasteiger partial charge in [0.2, 0.25) is 0 Å². The van der Waals surface area contributed by atoms with Gasteiger partial charge in [0.15, 0.2) is 11.5 Å². The van der Waals surface area contributed by atoms with Crippen molar-refractivity contribution in [1.82, 2.24) is 4.98 Å². The van der Waals surface area contributed by atoms with Crippen LogP contribution in [0.1, 0.15) is 5.56 Å². The van der Waals surface area contributed by atoms with Crippen molar-refractivity contribution in [3.63, 3.8) is 0 Å². The summed E-state index contributed by atoms with van der Waals surface area (Å²) in [4.78, 5) is 3.42. The molecule has 8 heteroatoms. The number of aromatic hydroxyl groups is 1. The van der Waals surface area contributed by atoms with E-state index in [2.05, 4.69) is 9.72 Å². The molecule has 0 unspecified atom stereocenters. The lowest BCUT2D eigenvalue weighted by molar-refractivity contribution is -0.275. The first-order valence-corrected chi connectivity index (χ1v) is 4.61. The molecule has 15 heavy (non-hydrogen) atoms. The van der Waals surface area contributed by atoms with Gasteiger partial charge in [-0.05, 0) is 22.6 Å². The first-order chi connectivity index (χ1) is 6.85. The summed E-state index contributed by atoms with van der Waals surface area (Å²) in [5.74, 6) is -1.47. The number of alkyl halides is 4. The average molecular weight is 337 g/mol. The first-order valence-electron chi connectivity index (χ1n) is 3.53. The molecular formula is C7H4F4INO2. The fourth-order valence-electron chi connectivity index (χ4n) is 0.837. The fourth-order valence-corrected chi connectivity index (χ4v) is 1.30. The van der Waals surface area contributed by atoms with Crippen molar-refractivity contribution in [3.05, 3.63) is 15.5 Å². The number of hydrogen-bond acceptors (Lipinski definition) is 3. The van der Waals surface area contributed by atoms with E-state index in [-0.39, 0.29) is 3.70 Å². The topological polar surface area (TPSA) is 42.4 Å². The quantitative estimate of drug-likeness (QED) is 0.513. The highest BCUT2D eigenvalue weighted by Gasteiger charge is 2.33. The van der Waals surface area contributed by atoms with Gasteiger partial charge in [-0.25, -0.2) is 9.37 Å². The van der Waals surface area contributed by atoms with Gasteiger partial charge in [-0.3, -0.25) is 0 Å². The van der Waals surface area contributed by atoms with Crippen LogP contribution in [-0.2, 0) is 6.67 Å². The molecule has 0 atom stereocenters. The van der Waals surface area contributed by atoms with Gasteiger partial charge >= 0.3 is 6.36 Å². The van der Waals surface area contributed by atoms with E-state index in [4.69, 9.17) is 0 Å². The summed E-state index contributed by atoms with van der Waals surface area (Å²) in [7, 11) is 0. The fraction of sp³-hybridized carbons (Fsp3) is 0.286. The van der Waals surface area contributed by atoms with Crippen LogP contribution in [-0.4, -0.2) is 16.5 Å². The molecule has 1 heterocycles. The lowest BCUT2D eigenvalue weighted by Crippen LogP contribution is -2.18. The predicted molar refractivity (Wildman–Crippen MR) is 50.1 cm³/mol. The van der Waals surface area contributed by atoms with Gasteiger partial charge in [0.05, 0.1) is 11.8 Å². The van der Waals surface area contributed by atoms with E-state index < -0.39 is 30.1 Å². The molecule has 0 aliphatic heterocycles. The monoisotopic (exact) mass is 337 g/mol. The van der Waals surface area contributed by atoms with E-state index in [1.807, 2.05) is 0 Å². The number of rotatable bonds is 2. The molecule has 0 saturated carbocycles. The highest BCUT2D eigenvalue weighted by Crippen LogP contribution is 2.34. The maximum Gasteiger partial charge on any atom is 0.573 e. The molecule has 0 aliphatic carbocycles. The van der Waals surface area contributed by atoms with Crippen LogP contribution < -0.4 is 4.74 Å². The first kappa shape index (κ1) is 12.3. The Balaban J connectivity index is 3.14. The zero-order chi connectivity index (χ0) is 11.6. The molecule has 1 aromatic heterocycles. The molecule has 0 spiro atoms. The van der Waals surface area contributed by atoms with Crippen LogP contribution >= 0.6 is 22.6 Å². The maximum atomic E-state index is 12.4. The summed E-state index contributed by atoms with van der Waals surface area (Å²) in [6.07, 6.45) is -4.23. The van der Waals surface area contributed by atoms with Gasteiger partial charge in [0.1, 0.15) is 10.4 Å². The van der Waals surface area contributed by atoms with Gasteiger partial charge in [0.25, 0.3) is 0 Å². The van der Waals surface area contributed by atoms with Crippen LogP contribution in [0, 0.1) is 3.70 Å². The minimum Gasteiger partial charge on any atom is -0.505 e. The second-order valence-electron chi connectivity index (χ2n) is 2.42. The second-order valence-corrected chi connectivity index (χ2v) is 3.44. The van der Waals surface area contributed by atoms with Crippen molar-refractivity contribution >= 4 is 22.6 Å². The predicted octanol–water partition coefficient (Wildman–Crippen LogP) is 2.76. The van der Waals surface area contributed by atoms with E-state index in [0.717, 1.165) is 0 Å². The zero-order valence-electron chi connectivity index (χ0n) is 6.98. The largest absolute Gasteiger partial charge is 0.573 e. The Morgan fingerprint density at radius 2 is 2.07 bits per heavy atom. The molecule has 1 aromatic rings. The molecule has 0 saturated heterocycles. The molecule has 1 N–H and O–H groups in total. The van der Waals surface area contributed by atoms with Crippen molar-refractivity contribution < 1.29 is 27.4 Å². The standard InChI is InChI=1S/C7H4F4INO2/c8-1-3-4(15-7(9,10)11)2-13-6(12)5(3)14/h2,14H,1H2. The number of halogens is 5. The Labute approximate surface area is 95.2 Å². The van der Waals surface area contributed by atoms with Crippen molar-refractivity contribution in [3.8, 4) is 11.5 Å². The van der Waals surface area contributed by atoms with Crippen LogP contribution in [0.5, 0.6) is 11.5 Å². The summed E-state index contributed by atoms with van der Waals surface area (Å²) in [6, 6.07) is 0. The van der Waals surface area contributed by atoms with Crippen LogP contribution in [0.4, 0.5) is 17.6 Å². The summed E-state index contributed by atoms with van der Waals surface area (Å²) in [5.41, 5.74) is -0.563. The summed E-state index contributed by atoms with van der Waals surface area (Å²) in [6.45, 7) is -1.27. The van der Waals surface area contributed by atoms with E-state index in [9.17, 15) is 22.7 Å². The number of hydrogen-bond donors (Lipinski definition) is 1. The third kappa shape index (κ3) is 3.08. The van der Waals surface area contributed by atoms with Gasteiger partial charge in [-0.2, -0.15) is 0 Å². The van der Waals surface area contributed by atoms with Crippen molar-refractivity contribution in [2.75, 3.05) is 0 Å².